The quantitative estimate of drug-likeness (QED) is 0.670. The van der Waals surface area contributed by atoms with Crippen LogP contribution in [0.5, 0.6) is 0 Å². The van der Waals surface area contributed by atoms with Crippen LogP contribution >= 0.6 is 23.4 Å². The van der Waals surface area contributed by atoms with E-state index in [9.17, 15) is 4.79 Å². The molecule has 104 valence electrons. The smallest absolute Gasteiger partial charge is 0.237 e. The van der Waals surface area contributed by atoms with E-state index in [0.717, 1.165) is 4.90 Å². The highest BCUT2D eigenvalue weighted by molar-refractivity contribution is 8.00. The molecule has 0 fully saturated rings. The molecule has 1 unspecified atom stereocenters. The Morgan fingerprint density at radius 1 is 1.35 bits per heavy atom. The normalized spacial score (nSPS) is 11.9. The summed E-state index contributed by atoms with van der Waals surface area (Å²) in [5, 5.41) is 3.06. The molecule has 1 aromatic carbocycles. The monoisotopic (exact) mass is 307 g/mol. The van der Waals surface area contributed by atoms with Gasteiger partial charge in [-0.2, -0.15) is 0 Å². The molecule has 0 aliphatic heterocycles. The lowest BCUT2D eigenvalue weighted by Crippen LogP contribution is -2.22. The second kappa shape index (κ2) is 6.63. The molecule has 4 nitrogen and oxygen atoms in total. The van der Waals surface area contributed by atoms with Crippen molar-refractivity contribution < 1.29 is 4.79 Å². The van der Waals surface area contributed by atoms with E-state index in [-0.39, 0.29) is 11.2 Å². The first-order valence-electron chi connectivity index (χ1n) is 5.99. The summed E-state index contributed by atoms with van der Waals surface area (Å²) in [6, 6.07) is 8.71. The van der Waals surface area contributed by atoms with Gasteiger partial charge in [0.15, 0.2) is 0 Å². The number of anilines is 2. The van der Waals surface area contributed by atoms with E-state index in [1.807, 2.05) is 19.1 Å². The van der Waals surface area contributed by atoms with Gasteiger partial charge in [0.25, 0.3) is 0 Å². The molecule has 0 aliphatic rings. The van der Waals surface area contributed by atoms with E-state index in [1.54, 1.807) is 30.6 Å². The number of aromatic nitrogens is 1. The number of nitrogens with one attached hydrogen (secondary N) is 1. The van der Waals surface area contributed by atoms with Gasteiger partial charge >= 0.3 is 0 Å². The highest BCUT2D eigenvalue weighted by Crippen LogP contribution is 2.26. The number of carbonyl (C=O) groups excluding carboxylic acids is 1. The molecule has 2 aromatic rings. The summed E-state index contributed by atoms with van der Waals surface area (Å²) in [6.07, 6.45) is 3.39. The van der Waals surface area contributed by atoms with Gasteiger partial charge in [-0.25, -0.2) is 0 Å². The van der Waals surface area contributed by atoms with E-state index in [2.05, 4.69) is 10.3 Å². The molecule has 0 radical (unpaired) electrons. The predicted molar refractivity (Wildman–Crippen MR) is 84.1 cm³/mol. The average molecular weight is 308 g/mol. The highest BCUT2D eigenvalue weighted by Gasteiger charge is 2.15. The average Bonchev–Trinajstić information content (AvgIpc) is 2.44. The Bertz CT molecular complexity index is 607. The topological polar surface area (TPSA) is 68.0 Å². The third kappa shape index (κ3) is 3.88. The van der Waals surface area contributed by atoms with E-state index in [4.69, 9.17) is 17.3 Å². The molecule has 20 heavy (non-hydrogen) atoms. The maximum atomic E-state index is 12.1. The lowest BCUT2D eigenvalue weighted by atomic mass is 10.2. The molecule has 6 heteroatoms. The number of pyridine rings is 1. The van der Waals surface area contributed by atoms with Crippen LogP contribution in [-0.4, -0.2) is 16.1 Å². The van der Waals surface area contributed by atoms with Gasteiger partial charge in [0.05, 0.1) is 16.6 Å². The van der Waals surface area contributed by atoms with Gasteiger partial charge < -0.3 is 11.1 Å². The fourth-order valence-corrected chi connectivity index (χ4v) is 2.57. The molecule has 0 saturated heterocycles. The van der Waals surface area contributed by atoms with Crippen LogP contribution in [0.1, 0.15) is 6.92 Å². The maximum absolute atomic E-state index is 12.1. The summed E-state index contributed by atoms with van der Waals surface area (Å²) in [4.78, 5) is 17.1. The summed E-state index contributed by atoms with van der Waals surface area (Å²) < 4.78 is 0. The number of carbonyl (C=O) groups is 1. The zero-order valence-electron chi connectivity index (χ0n) is 10.8. The second-order valence-electron chi connectivity index (χ2n) is 4.16. The van der Waals surface area contributed by atoms with Crippen LogP contribution in [0.2, 0.25) is 5.02 Å². The van der Waals surface area contributed by atoms with Gasteiger partial charge in [0.2, 0.25) is 5.91 Å². The Morgan fingerprint density at radius 2 is 2.05 bits per heavy atom. The van der Waals surface area contributed by atoms with Crippen LogP contribution in [0.25, 0.3) is 0 Å². The fourth-order valence-electron chi connectivity index (χ4n) is 1.55. The minimum Gasteiger partial charge on any atom is -0.397 e. The number of benzene rings is 1. The number of nitrogens with zero attached hydrogens (tertiary/aromatic N) is 1. The zero-order chi connectivity index (χ0) is 14.5. The van der Waals surface area contributed by atoms with Gasteiger partial charge in [0, 0.05) is 22.3 Å². The molecule has 0 saturated carbocycles. The van der Waals surface area contributed by atoms with Crippen LogP contribution in [-0.2, 0) is 4.79 Å². The van der Waals surface area contributed by atoms with Crippen LogP contribution in [0, 0.1) is 0 Å². The van der Waals surface area contributed by atoms with Gasteiger partial charge in [-0.15, -0.1) is 11.8 Å². The lowest BCUT2D eigenvalue weighted by Gasteiger charge is -2.13. The third-order valence-electron chi connectivity index (χ3n) is 2.61. The van der Waals surface area contributed by atoms with E-state index in [1.165, 1.54) is 11.8 Å². The number of hydrogen-bond acceptors (Lipinski definition) is 4. The summed E-state index contributed by atoms with van der Waals surface area (Å²) in [5.74, 6) is -0.124. The van der Waals surface area contributed by atoms with Crippen molar-refractivity contribution in [2.75, 3.05) is 11.1 Å². The van der Waals surface area contributed by atoms with Crippen LogP contribution in [0.4, 0.5) is 11.4 Å². The number of nitrogen functional groups attached to an aromatic ring is 1. The van der Waals surface area contributed by atoms with Gasteiger partial charge in [-0.3, -0.25) is 9.78 Å². The van der Waals surface area contributed by atoms with Crippen molar-refractivity contribution in [1.82, 2.24) is 4.98 Å². The van der Waals surface area contributed by atoms with Crippen molar-refractivity contribution in [2.24, 2.45) is 0 Å². The lowest BCUT2D eigenvalue weighted by molar-refractivity contribution is -0.115. The Hall–Kier alpha value is -1.72. The van der Waals surface area contributed by atoms with Crippen molar-refractivity contribution >= 4 is 40.6 Å². The first-order valence-corrected chi connectivity index (χ1v) is 7.24. The minimum atomic E-state index is -0.254. The maximum Gasteiger partial charge on any atom is 0.237 e. The van der Waals surface area contributed by atoms with E-state index < -0.39 is 0 Å². The first-order chi connectivity index (χ1) is 9.56. The third-order valence-corrected chi connectivity index (χ3v) is 3.95. The summed E-state index contributed by atoms with van der Waals surface area (Å²) in [6.45, 7) is 1.83. The van der Waals surface area contributed by atoms with Crippen LogP contribution < -0.4 is 11.1 Å². The largest absolute Gasteiger partial charge is 0.397 e. The van der Waals surface area contributed by atoms with Crippen molar-refractivity contribution in [1.29, 1.82) is 0 Å². The fraction of sp³-hybridized carbons (Fsp3) is 0.143. The van der Waals surface area contributed by atoms with Gasteiger partial charge in [0.1, 0.15) is 0 Å². The molecular formula is C14H14ClN3OS. The number of hydrogen-bond donors (Lipinski definition) is 2. The number of thioether (sulfide) groups is 1. The van der Waals surface area contributed by atoms with Crippen molar-refractivity contribution in [3.05, 3.63) is 47.7 Å². The molecule has 0 spiro atoms. The molecule has 0 aliphatic carbocycles. The molecule has 1 aromatic heterocycles. The number of nitrogens with two attached hydrogens (primary N) is 1. The molecular weight excluding hydrogens is 294 g/mol. The Kier molecular flexibility index (Phi) is 4.87. The molecule has 2 rings (SSSR count). The van der Waals surface area contributed by atoms with E-state index >= 15 is 0 Å². The van der Waals surface area contributed by atoms with Crippen molar-refractivity contribution in [3.63, 3.8) is 0 Å². The van der Waals surface area contributed by atoms with Crippen molar-refractivity contribution in [2.45, 2.75) is 17.1 Å². The zero-order valence-corrected chi connectivity index (χ0v) is 12.4. The minimum absolute atomic E-state index is 0.124. The summed E-state index contributed by atoms with van der Waals surface area (Å²) in [7, 11) is 0. The van der Waals surface area contributed by atoms with Gasteiger partial charge in [-0.1, -0.05) is 11.6 Å². The predicted octanol–water partition coefficient (Wildman–Crippen LogP) is 3.44. The highest BCUT2D eigenvalue weighted by atomic mass is 35.5. The Balaban J connectivity index is 2.02. The van der Waals surface area contributed by atoms with Crippen LogP contribution in [0.3, 0.4) is 0 Å². The summed E-state index contributed by atoms with van der Waals surface area (Å²) in [5.41, 5.74) is 6.82. The Morgan fingerprint density at radius 3 is 2.75 bits per heavy atom. The second-order valence-corrected chi connectivity index (χ2v) is 6.01. The number of amides is 1. The molecule has 1 amide bonds. The number of rotatable bonds is 4. The van der Waals surface area contributed by atoms with Crippen molar-refractivity contribution in [3.8, 4) is 0 Å². The standard InChI is InChI=1S/C14H14ClN3OS/c1-9(20-11-4-6-17-7-5-11)14(19)18-13-8-10(15)2-3-12(13)16/h2-9H,16H2,1H3,(H,18,19). The van der Waals surface area contributed by atoms with Gasteiger partial charge in [-0.05, 0) is 37.3 Å². The molecule has 3 N–H and O–H groups in total. The molecule has 1 atom stereocenters. The van der Waals surface area contributed by atoms with Crippen LogP contribution in [0.15, 0.2) is 47.6 Å². The molecule has 1 heterocycles. The molecule has 0 bridgehead atoms. The van der Waals surface area contributed by atoms with E-state index in [0.29, 0.717) is 16.4 Å². The first kappa shape index (κ1) is 14.7. The Labute approximate surface area is 126 Å². The number of halogens is 1. The SMILES string of the molecule is CC(Sc1ccncc1)C(=O)Nc1cc(Cl)ccc1N. The summed E-state index contributed by atoms with van der Waals surface area (Å²) >= 11 is 7.35.